The molecule has 3 nitrogen and oxygen atoms in total. The van der Waals surface area contributed by atoms with Crippen LogP contribution in [0.4, 0.5) is 13.2 Å². The summed E-state index contributed by atoms with van der Waals surface area (Å²) < 4.78 is 33.8. The molecule has 6 heteroatoms. The van der Waals surface area contributed by atoms with Crippen LogP contribution in [-0.2, 0) is 4.79 Å². The van der Waals surface area contributed by atoms with Crippen LogP contribution in [0.2, 0.25) is 0 Å². The van der Waals surface area contributed by atoms with Crippen molar-refractivity contribution in [3.05, 3.63) is 0 Å². The molecule has 1 N–H and O–H groups in total. The van der Waals surface area contributed by atoms with E-state index in [2.05, 4.69) is 5.16 Å². The minimum atomic E-state index is -4.53. The summed E-state index contributed by atoms with van der Waals surface area (Å²) in [5, 5.41) is 9.76. The number of carbonyl (C=O) groups is 1. The fourth-order valence-electron chi connectivity index (χ4n) is 0.308. The van der Waals surface area contributed by atoms with E-state index in [1.165, 1.54) is 0 Å². The summed E-state index contributed by atoms with van der Waals surface area (Å²) in [7, 11) is 0. The number of ketones is 1. The highest BCUT2D eigenvalue weighted by Crippen LogP contribution is 2.18. The Hall–Kier alpha value is -1.07. The summed E-state index contributed by atoms with van der Waals surface area (Å²) in [5.41, 5.74) is 0. The number of rotatable bonds is 2. The van der Waals surface area contributed by atoms with E-state index in [4.69, 9.17) is 5.21 Å². The second kappa shape index (κ2) is 3.19. The van der Waals surface area contributed by atoms with Gasteiger partial charge in [0, 0.05) is 0 Å². The van der Waals surface area contributed by atoms with Gasteiger partial charge in [0.25, 0.3) is 0 Å². The van der Waals surface area contributed by atoms with Gasteiger partial charge in [-0.3, -0.25) is 4.79 Å². The topological polar surface area (TPSA) is 49.7 Å². The zero-order chi connectivity index (χ0) is 8.20. The predicted molar refractivity (Wildman–Crippen MR) is 26.0 cm³/mol. The molecule has 0 fully saturated rings. The minimum absolute atomic E-state index is 0.216. The fourth-order valence-corrected chi connectivity index (χ4v) is 0.308. The second-order valence-corrected chi connectivity index (χ2v) is 1.50. The lowest BCUT2D eigenvalue weighted by molar-refractivity contribution is -0.147. The highest BCUT2D eigenvalue weighted by molar-refractivity contribution is 6.27. The van der Waals surface area contributed by atoms with Crippen LogP contribution in [0.3, 0.4) is 0 Å². The van der Waals surface area contributed by atoms with Gasteiger partial charge in [-0.15, -0.1) is 0 Å². The molecule has 0 aliphatic rings. The first-order valence-corrected chi connectivity index (χ1v) is 2.23. The van der Waals surface area contributed by atoms with Crippen LogP contribution in [0, 0.1) is 0 Å². The minimum Gasteiger partial charge on any atom is -0.411 e. The van der Waals surface area contributed by atoms with Gasteiger partial charge in [0.05, 0.1) is 0 Å². The quantitative estimate of drug-likeness (QED) is 0.367. The smallest absolute Gasteiger partial charge is 0.396 e. The number of alkyl halides is 3. The molecule has 10 heavy (non-hydrogen) atoms. The van der Waals surface area contributed by atoms with Crippen LogP contribution < -0.4 is 0 Å². The first-order valence-electron chi connectivity index (χ1n) is 2.23. The number of nitrogens with zero attached hydrogens (tertiary/aromatic N) is 1. The molecule has 0 aromatic heterocycles. The Bertz CT molecular complexity index is 151. The first kappa shape index (κ1) is 8.93. The van der Waals surface area contributed by atoms with Crippen molar-refractivity contribution < 1.29 is 23.2 Å². The fraction of sp³-hybridized carbons (Fsp3) is 0.500. The molecule has 0 aliphatic carbocycles. The predicted octanol–water partition coefficient (Wildman–Crippen LogP) is 0.968. The van der Waals surface area contributed by atoms with Gasteiger partial charge in [0.2, 0.25) is 0 Å². The van der Waals surface area contributed by atoms with Crippen LogP contribution >= 0.6 is 0 Å². The second-order valence-electron chi connectivity index (χ2n) is 1.50. The lowest BCUT2D eigenvalue weighted by Crippen LogP contribution is -2.15. The van der Waals surface area contributed by atoms with Gasteiger partial charge in [0.15, 0.2) is 5.78 Å². The number of hydrogen-bond acceptors (Lipinski definition) is 3. The third kappa shape index (κ3) is 5.07. The SMILES string of the molecule is O=C(/C=N/O)CC(F)(F)F. The molecule has 0 atom stereocenters. The molecule has 0 bridgehead atoms. The summed E-state index contributed by atoms with van der Waals surface area (Å²) in [6.07, 6.45) is -5.90. The van der Waals surface area contributed by atoms with Gasteiger partial charge >= 0.3 is 6.18 Å². The largest absolute Gasteiger partial charge is 0.411 e. The van der Waals surface area contributed by atoms with Crippen LogP contribution in [0.1, 0.15) is 6.42 Å². The van der Waals surface area contributed by atoms with Gasteiger partial charge < -0.3 is 5.21 Å². The van der Waals surface area contributed by atoms with E-state index >= 15 is 0 Å². The van der Waals surface area contributed by atoms with Crippen molar-refractivity contribution in [3.63, 3.8) is 0 Å². The van der Waals surface area contributed by atoms with E-state index in [-0.39, 0.29) is 6.21 Å². The Morgan fingerprint density at radius 2 is 2.10 bits per heavy atom. The Morgan fingerprint density at radius 3 is 2.40 bits per heavy atom. The molecular formula is C4H4F3NO2. The van der Waals surface area contributed by atoms with E-state index in [1.54, 1.807) is 0 Å². The standard InChI is InChI=1S/C4H4F3NO2/c5-4(6,7)1-3(9)2-8-10/h2,10H,1H2/b8-2+. The van der Waals surface area contributed by atoms with Crippen molar-refractivity contribution in [1.82, 2.24) is 0 Å². The Morgan fingerprint density at radius 1 is 1.60 bits per heavy atom. The molecule has 0 aliphatic heterocycles. The number of hydrogen-bond donors (Lipinski definition) is 1. The molecule has 0 rings (SSSR count). The van der Waals surface area contributed by atoms with E-state index in [0.717, 1.165) is 0 Å². The third-order valence-corrected chi connectivity index (χ3v) is 0.576. The average Bonchev–Trinajstić information content (AvgIpc) is 1.59. The highest BCUT2D eigenvalue weighted by Gasteiger charge is 2.30. The zero-order valence-electron chi connectivity index (χ0n) is 4.72. The van der Waals surface area contributed by atoms with Gasteiger partial charge in [-0.25, -0.2) is 0 Å². The molecule has 0 aromatic rings. The molecule has 0 unspecified atom stereocenters. The number of oxime groups is 1. The lowest BCUT2D eigenvalue weighted by Gasteiger charge is -1.99. The molecule has 0 saturated carbocycles. The molecule has 0 radical (unpaired) electrons. The number of Topliss-reactive ketones (excluding diaryl/α,β-unsaturated/α-hetero) is 1. The summed E-state index contributed by atoms with van der Waals surface area (Å²) in [4.78, 5) is 10.0. The van der Waals surface area contributed by atoms with Crippen LogP contribution in [0.25, 0.3) is 0 Å². The van der Waals surface area contributed by atoms with Crippen LogP contribution in [0.15, 0.2) is 5.16 Å². The zero-order valence-corrected chi connectivity index (χ0v) is 4.72. The Kier molecular flexibility index (Phi) is 2.85. The van der Waals surface area contributed by atoms with E-state index in [0.29, 0.717) is 0 Å². The summed E-state index contributed by atoms with van der Waals surface area (Å²) in [6.45, 7) is 0. The molecule has 0 aromatic carbocycles. The third-order valence-electron chi connectivity index (χ3n) is 0.576. The van der Waals surface area contributed by atoms with Crippen molar-refractivity contribution in [2.75, 3.05) is 0 Å². The number of carbonyl (C=O) groups excluding carboxylic acids is 1. The highest BCUT2D eigenvalue weighted by atomic mass is 19.4. The Balaban J connectivity index is 3.81. The lowest BCUT2D eigenvalue weighted by atomic mass is 10.3. The first-order chi connectivity index (χ1) is 4.45. The molecule has 0 saturated heterocycles. The van der Waals surface area contributed by atoms with Gasteiger partial charge in [-0.05, 0) is 0 Å². The van der Waals surface area contributed by atoms with Gasteiger partial charge in [0.1, 0.15) is 12.6 Å². The maximum Gasteiger partial charge on any atom is 0.396 e. The molecule has 0 spiro atoms. The molecule has 0 amide bonds. The van der Waals surface area contributed by atoms with Crippen molar-refractivity contribution in [2.24, 2.45) is 5.16 Å². The van der Waals surface area contributed by atoms with Gasteiger partial charge in [-0.2, -0.15) is 13.2 Å². The number of halogens is 3. The van der Waals surface area contributed by atoms with E-state index < -0.39 is 18.4 Å². The van der Waals surface area contributed by atoms with Gasteiger partial charge in [-0.1, -0.05) is 5.16 Å². The van der Waals surface area contributed by atoms with Crippen molar-refractivity contribution >= 4 is 12.0 Å². The van der Waals surface area contributed by atoms with Crippen LogP contribution in [0.5, 0.6) is 0 Å². The maximum atomic E-state index is 11.3. The monoisotopic (exact) mass is 155 g/mol. The molecule has 58 valence electrons. The maximum absolute atomic E-state index is 11.3. The Labute approximate surface area is 54.1 Å². The summed E-state index contributed by atoms with van der Waals surface area (Å²) in [5.74, 6) is -1.27. The average molecular weight is 155 g/mol. The van der Waals surface area contributed by atoms with Crippen molar-refractivity contribution in [3.8, 4) is 0 Å². The van der Waals surface area contributed by atoms with E-state index in [1.807, 2.05) is 0 Å². The van der Waals surface area contributed by atoms with E-state index in [9.17, 15) is 18.0 Å². The molecular weight excluding hydrogens is 151 g/mol. The summed E-state index contributed by atoms with van der Waals surface area (Å²) in [6, 6.07) is 0. The normalized spacial score (nSPS) is 12.3. The van der Waals surface area contributed by atoms with Crippen molar-refractivity contribution in [2.45, 2.75) is 12.6 Å². The van der Waals surface area contributed by atoms with Crippen molar-refractivity contribution in [1.29, 1.82) is 0 Å². The molecule has 0 heterocycles. The van der Waals surface area contributed by atoms with Crippen LogP contribution in [-0.4, -0.2) is 23.4 Å². The summed E-state index contributed by atoms with van der Waals surface area (Å²) >= 11 is 0.